The maximum atomic E-state index is 12.0. The van der Waals surface area contributed by atoms with Crippen molar-refractivity contribution in [3.05, 3.63) is 29.3 Å². The van der Waals surface area contributed by atoms with E-state index in [1.54, 1.807) is 0 Å². The molecule has 6 nitrogen and oxygen atoms in total. The van der Waals surface area contributed by atoms with Crippen LogP contribution >= 0.6 is 35.6 Å². The van der Waals surface area contributed by atoms with Gasteiger partial charge in [0.2, 0.25) is 5.91 Å². The number of amides is 1. The minimum Gasteiger partial charge on any atom is -0.370 e. The van der Waals surface area contributed by atoms with Gasteiger partial charge in [0, 0.05) is 62.9 Å². The maximum Gasteiger partial charge on any atom is 0.222 e. The first kappa shape index (κ1) is 23.1. The Morgan fingerprint density at radius 1 is 1.04 bits per heavy atom. The molecule has 2 fully saturated rings. The summed E-state index contributed by atoms with van der Waals surface area (Å²) in [5.74, 6) is 0.913. The normalized spacial score (nSPS) is 18.7. The summed E-state index contributed by atoms with van der Waals surface area (Å²) in [6, 6.07) is 7.96. The van der Waals surface area contributed by atoms with Gasteiger partial charge in [0.15, 0.2) is 5.96 Å². The van der Waals surface area contributed by atoms with E-state index in [0.29, 0.717) is 24.8 Å². The number of benzene rings is 1. The molecule has 0 saturated carbocycles. The second-order valence-corrected chi connectivity index (χ2v) is 7.67. The van der Waals surface area contributed by atoms with Crippen LogP contribution in [-0.2, 0) is 4.79 Å². The minimum atomic E-state index is 0. The van der Waals surface area contributed by atoms with Crippen LogP contribution in [0.4, 0.5) is 5.69 Å². The number of anilines is 1. The van der Waals surface area contributed by atoms with Gasteiger partial charge in [-0.05, 0) is 43.5 Å². The van der Waals surface area contributed by atoms with Gasteiger partial charge in [0.25, 0.3) is 0 Å². The van der Waals surface area contributed by atoms with Gasteiger partial charge in [0.05, 0.1) is 0 Å². The van der Waals surface area contributed by atoms with E-state index in [0.717, 1.165) is 70.0 Å². The van der Waals surface area contributed by atoms with Crippen LogP contribution in [0.1, 0.15) is 32.1 Å². The number of guanidine groups is 1. The van der Waals surface area contributed by atoms with E-state index in [2.05, 4.69) is 26.9 Å². The largest absolute Gasteiger partial charge is 0.370 e. The third-order valence-electron chi connectivity index (χ3n) is 5.33. The third-order valence-corrected chi connectivity index (χ3v) is 5.58. The highest BCUT2D eigenvalue weighted by Gasteiger charge is 2.19. The molecule has 2 aliphatic rings. The minimum absolute atomic E-state index is 0. The van der Waals surface area contributed by atoms with Crippen molar-refractivity contribution in [2.45, 2.75) is 32.1 Å². The second kappa shape index (κ2) is 11.7. The van der Waals surface area contributed by atoms with Gasteiger partial charge < -0.3 is 20.4 Å². The van der Waals surface area contributed by atoms with E-state index < -0.39 is 0 Å². The number of hydrogen-bond acceptors (Lipinski definition) is 3. The number of nitrogens with zero attached hydrogens (tertiary/aromatic N) is 4. The predicted octanol–water partition coefficient (Wildman–Crippen LogP) is 3.19. The van der Waals surface area contributed by atoms with Gasteiger partial charge in [0.1, 0.15) is 0 Å². The molecule has 0 aliphatic carbocycles. The summed E-state index contributed by atoms with van der Waals surface area (Å²) < 4.78 is 0. The number of halogens is 2. The molecule has 0 bridgehead atoms. The zero-order valence-electron chi connectivity index (χ0n) is 16.4. The smallest absolute Gasteiger partial charge is 0.222 e. The molecule has 28 heavy (non-hydrogen) atoms. The summed E-state index contributed by atoms with van der Waals surface area (Å²) in [6.07, 6.45) is 4.88. The average Bonchev–Trinajstić information content (AvgIpc) is 2.90. The first-order chi connectivity index (χ1) is 13.1. The first-order valence-corrected chi connectivity index (χ1v) is 10.3. The molecule has 0 unspecified atom stereocenters. The molecule has 0 spiro atoms. The fourth-order valence-electron chi connectivity index (χ4n) is 3.68. The van der Waals surface area contributed by atoms with E-state index in [1.807, 2.05) is 17.0 Å². The molecule has 156 valence electrons. The van der Waals surface area contributed by atoms with Crippen molar-refractivity contribution in [2.75, 3.05) is 50.7 Å². The Balaban J connectivity index is 0.00000280. The molecule has 0 aromatic heterocycles. The number of piperazine rings is 1. The molecule has 0 atom stereocenters. The van der Waals surface area contributed by atoms with Crippen LogP contribution in [0.25, 0.3) is 0 Å². The number of carbonyl (C=O) groups is 1. The zero-order chi connectivity index (χ0) is 19.1. The van der Waals surface area contributed by atoms with Crippen LogP contribution in [0, 0.1) is 0 Å². The van der Waals surface area contributed by atoms with Crippen LogP contribution in [0.5, 0.6) is 0 Å². The lowest BCUT2D eigenvalue weighted by Gasteiger charge is -2.36. The summed E-state index contributed by atoms with van der Waals surface area (Å²) in [5.41, 5.74) is 7.37. The average molecular weight is 520 g/mol. The summed E-state index contributed by atoms with van der Waals surface area (Å²) in [4.78, 5) is 23.0. The highest BCUT2D eigenvalue weighted by atomic mass is 127. The number of hydrogen-bond donors (Lipinski definition) is 1. The van der Waals surface area contributed by atoms with E-state index >= 15 is 0 Å². The second-order valence-electron chi connectivity index (χ2n) is 7.24. The molecular formula is C20H31ClIN5O. The van der Waals surface area contributed by atoms with E-state index in [1.165, 1.54) is 5.69 Å². The number of nitrogens with two attached hydrogens (primary N) is 1. The van der Waals surface area contributed by atoms with Crippen LogP contribution in [0.2, 0.25) is 5.02 Å². The van der Waals surface area contributed by atoms with Gasteiger partial charge in [-0.2, -0.15) is 0 Å². The van der Waals surface area contributed by atoms with Crippen LogP contribution < -0.4 is 10.6 Å². The summed E-state index contributed by atoms with van der Waals surface area (Å²) in [5, 5.41) is 0.760. The Morgan fingerprint density at radius 3 is 2.46 bits per heavy atom. The van der Waals surface area contributed by atoms with Crippen LogP contribution in [0.15, 0.2) is 29.3 Å². The molecule has 1 amide bonds. The predicted molar refractivity (Wildman–Crippen MR) is 127 cm³/mol. The SMILES string of the molecule is I.NC(=NCCCN1CCCCCC1=O)N1CCN(c2ccc(Cl)cc2)CC1. The van der Waals surface area contributed by atoms with Gasteiger partial charge in [-0.25, -0.2) is 0 Å². The summed E-state index contributed by atoms with van der Waals surface area (Å²) in [7, 11) is 0. The standard InChI is InChI=1S/C20H30ClN5O.HI/c21-17-6-8-18(9-7-17)24-13-15-26(16-14-24)20(22)23-10-4-12-25-11-3-1-2-5-19(25)27;/h6-9H,1-5,10-16H2,(H2,22,23);1H. The Morgan fingerprint density at radius 2 is 1.75 bits per heavy atom. The van der Waals surface area contributed by atoms with Crippen molar-refractivity contribution < 1.29 is 4.79 Å². The summed E-state index contributed by atoms with van der Waals surface area (Å²) in [6.45, 7) is 5.92. The van der Waals surface area contributed by atoms with Gasteiger partial charge >= 0.3 is 0 Å². The van der Waals surface area contributed by atoms with Gasteiger partial charge in [-0.1, -0.05) is 18.0 Å². The Hall–Kier alpha value is -1.22. The van der Waals surface area contributed by atoms with E-state index in [9.17, 15) is 4.79 Å². The fraction of sp³-hybridized carbons (Fsp3) is 0.600. The quantitative estimate of drug-likeness (QED) is 0.281. The molecule has 1 aromatic rings. The molecule has 0 radical (unpaired) electrons. The van der Waals surface area contributed by atoms with Crippen molar-refractivity contribution in [1.29, 1.82) is 0 Å². The lowest BCUT2D eigenvalue weighted by atomic mass is 10.2. The molecule has 1 aromatic carbocycles. The number of rotatable bonds is 5. The lowest BCUT2D eigenvalue weighted by Crippen LogP contribution is -2.51. The maximum absolute atomic E-state index is 12.0. The monoisotopic (exact) mass is 519 g/mol. The van der Waals surface area contributed by atoms with Gasteiger partial charge in [-0.15, -0.1) is 24.0 Å². The number of carbonyl (C=O) groups excluding carboxylic acids is 1. The molecule has 2 aliphatic heterocycles. The zero-order valence-corrected chi connectivity index (χ0v) is 19.4. The molecule has 2 saturated heterocycles. The topological polar surface area (TPSA) is 65.2 Å². The number of aliphatic imine (C=N–C) groups is 1. The third kappa shape index (κ3) is 6.69. The van der Waals surface area contributed by atoms with Crippen molar-refractivity contribution >= 4 is 53.1 Å². The highest BCUT2D eigenvalue weighted by Crippen LogP contribution is 2.19. The van der Waals surface area contributed by atoms with Gasteiger partial charge in [-0.3, -0.25) is 9.79 Å². The number of likely N-dealkylation sites (tertiary alicyclic amines) is 1. The molecule has 3 rings (SSSR count). The van der Waals surface area contributed by atoms with E-state index in [4.69, 9.17) is 17.3 Å². The molecule has 2 N–H and O–H groups in total. The van der Waals surface area contributed by atoms with Crippen molar-refractivity contribution in [1.82, 2.24) is 9.80 Å². The van der Waals surface area contributed by atoms with E-state index in [-0.39, 0.29) is 24.0 Å². The highest BCUT2D eigenvalue weighted by molar-refractivity contribution is 14.0. The summed E-state index contributed by atoms with van der Waals surface area (Å²) >= 11 is 5.96. The Kier molecular flexibility index (Phi) is 9.64. The first-order valence-electron chi connectivity index (χ1n) is 9.96. The molecule has 8 heteroatoms. The van der Waals surface area contributed by atoms with Crippen molar-refractivity contribution in [2.24, 2.45) is 10.7 Å². The molecule has 2 heterocycles. The van der Waals surface area contributed by atoms with Crippen LogP contribution in [-0.4, -0.2) is 67.5 Å². The van der Waals surface area contributed by atoms with Crippen molar-refractivity contribution in [3.8, 4) is 0 Å². The Labute approximate surface area is 190 Å². The Bertz CT molecular complexity index is 647. The lowest BCUT2D eigenvalue weighted by molar-refractivity contribution is -0.130. The van der Waals surface area contributed by atoms with Crippen molar-refractivity contribution in [3.63, 3.8) is 0 Å². The fourth-order valence-corrected chi connectivity index (χ4v) is 3.80. The van der Waals surface area contributed by atoms with Crippen LogP contribution in [0.3, 0.4) is 0 Å². The molecular weight excluding hydrogens is 489 g/mol.